The van der Waals surface area contributed by atoms with Crippen molar-refractivity contribution >= 4 is 21.6 Å². The van der Waals surface area contributed by atoms with E-state index in [1.54, 1.807) is 19.1 Å². The van der Waals surface area contributed by atoms with Gasteiger partial charge in [0.2, 0.25) is 15.9 Å². The summed E-state index contributed by atoms with van der Waals surface area (Å²) in [6.45, 7) is 1.68. The van der Waals surface area contributed by atoms with Gasteiger partial charge in [-0.1, -0.05) is 12.5 Å². The lowest BCUT2D eigenvalue weighted by Gasteiger charge is -2.21. The van der Waals surface area contributed by atoms with Crippen LogP contribution < -0.4 is 10.5 Å². The SMILES string of the molecule is Cc1ccc(NC(=O)C[C@H]2C[C@@H]3CC[C@@H]2C3)cc1S(N)(=O)=O. The molecule has 3 N–H and O–H groups in total. The molecule has 0 saturated heterocycles. The summed E-state index contributed by atoms with van der Waals surface area (Å²) < 4.78 is 23.0. The fourth-order valence-electron chi connectivity index (χ4n) is 4.06. The number of benzene rings is 1. The Kier molecular flexibility index (Phi) is 3.99. The van der Waals surface area contributed by atoms with Crippen LogP contribution in [0, 0.1) is 24.7 Å². The van der Waals surface area contributed by atoms with Gasteiger partial charge in [-0.05, 0) is 61.6 Å². The number of hydrogen-bond donors (Lipinski definition) is 2. The minimum Gasteiger partial charge on any atom is -0.326 e. The number of nitrogens with two attached hydrogens (primary N) is 1. The molecule has 2 aliphatic rings. The van der Waals surface area contributed by atoms with E-state index in [4.69, 9.17) is 5.14 Å². The normalized spacial score (nSPS) is 27.1. The van der Waals surface area contributed by atoms with Crippen molar-refractivity contribution < 1.29 is 13.2 Å². The van der Waals surface area contributed by atoms with E-state index < -0.39 is 10.0 Å². The van der Waals surface area contributed by atoms with Crippen LogP contribution in [0.2, 0.25) is 0 Å². The molecule has 0 aromatic heterocycles. The molecule has 3 rings (SSSR count). The van der Waals surface area contributed by atoms with Crippen molar-refractivity contribution in [1.29, 1.82) is 0 Å². The molecule has 1 aromatic rings. The summed E-state index contributed by atoms with van der Waals surface area (Å²) in [4.78, 5) is 12.3. The Morgan fingerprint density at radius 1 is 1.32 bits per heavy atom. The molecule has 0 spiro atoms. The minimum absolute atomic E-state index is 0.0400. The molecule has 1 amide bonds. The van der Waals surface area contributed by atoms with E-state index in [0.717, 1.165) is 12.3 Å². The predicted octanol–water partition coefficient (Wildman–Crippen LogP) is 2.41. The standard InChI is InChI=1S/C16H22N2O3S/c1-10-2-5-14(9-15(10)22(17,20)21)18-16(19)8-13-7-11-3-4-12(13)6-11/h2,5,9,11-13H,3-4,6-8H2,1H3,(H,18,19)(H2,17,20,21)/t11-,12-,13-/m1/s1. The molecule has 5 nitrogen and oxygen atoms in total. The number of carbonyl (C=O) groups excluding carboxylic acids is 1. The van der Waals surface area contributed by atoms with Gasteiger partial charge in [0.25, 0.3) is 0 Å². The number of rotatable bonds is 4. The van der Waals surface area contributed by atoms with Gasteiger partial charge in [0.15, 0.2) is 0 Å². The average Bonchev–Trinajstić information content (AvgIpc) is 3.02. The summed E-state index contributed by atoms with van der Waals surface area (Å²) in [6.07, 6.45) is 5.54. The van der Waals surface area contributed by atoms with Gasteiger partial charge in [0.1, 0.15) is 0 Å². The Morgan fingerprint density at radius 2 is 2.09 bits per heavy atom. The van der Waals surface area contributed by atoms with Crippen LogP contribution in [-0.2, 0) is 14.8 Å². The molecule has 2 saturated carbocycles. The zero-order valence-electron chi connectivity index (χ0n) is 12.7. The summed E-state index contributed by atoms with van der Waals surface area (Å²) in [6, 6.07) is 4.80. The number of primary sulfonamides is 1. The lowest BCUT2D eigenvalue weighted by Crippen LogP contribution is -2.20. The van der Waals surface area contributed by atoms with Crippen molar-refractivity contribution in [2.45, 2.75) is 43.9 Å². The number of sulfonamides is 1. The van der Waals surface area contributed by atoms with E-state index in [1.807, 2.05) is 0 Å². The number of hydrogen-bond acceptors (Lipinski definition) is 3. The molecule has 1 aromatic carbocycles. The third kappa shape index (κ3) is 3.17. The molecule has 2 aliphatic carbocycles. The summed E-state index contributed by atoms with van der Waals surface area (Å²) in [5, 5.41) is 8.00. The molecule has 6 heteroatoms. The monoisotopic (exact) mass is 322 g/mol. The van der Waals surface area contributed by atoms with E-state index in [1.165, 1.54) is 25.3 Å². The van der Waals surface area contributed by atoms with Crippen LogP contribution in [0.15, 0.2) is 23.1 Å². The van der Waals surface area contributed by atoms with Crippen LogP contribution in [-0.4, -0.2) is 14.3 Å². The zero-order valence-corrected chi connectivity index (χ0v) is 13.5. The molecular weight excluding hydrogens is 300 g/mol. The van der Waals surface area contributed by atoms with E-state index in [2.05, 4.69) is 5.32 Å². The van der Waals surface area contributed by atoms with Crippen LogP contribution in [0.5, 0.6) is 0 Å². The van der Waals surface area contributed by atoms with Gasteiger partial charge in [-0.2, -0.15) is 0 Å². The molecule has 0 heterocycles. The molecular formula is C16H22N2O3S. The maximum Gasteiger partial charge on any atom is 0.238 e. The zero-order chi connectivity index (χ0) is 15.9. The van der Waals surface area contributed by atoms with Crippen LogP contribution >= 0.6 is 0 Å². The highest BCUT2D eigenvalue weighted by Crippen LogP contribution is 2.49. The van der Waals surface area contributed by atoms with Gasteiger partial charge in [0.05, 0.1) is 4.90 Å². The van der Waals surface area contributed by atoms with Crippen LogP contribution in [0.3, 0.4) is 0 Å². The molecule has 3 atom stereocenters. The number of aryl methyl sites for hydroxylation is 1. The first-order chi connectivity index (χ1) is 10.3. The number of anilines is 1. The van der Waals surface area contributed by atoms with Crippen molar-refractivity contribution in [1.82, 2.24) is 0 Å². The Bertz CT molecular complexity index is 699. The highest BCUT2D eigenvalue weighted by molar-refractivity contribution is 7.89. The molecule has 2 fully saturated rings. The lowest BCUT2D eigenvalue weighted by atomic mass is 9.86. The van der Waals surface area contributed by atoms with Gasteiger partial charge < -0.3 is 5.32 Å². The first-order valence-electron chi connectivity index (χ1n) is 7.76. The largest absolute Gasteiger partial charge is 0.326 e. The highest BCUT2D eigenvalue weighted by Gasteiger charge is 2.40. The molecule has 120 valence electrons. The third-order valence-electron chi connectivity index (χ3n) is 5.11. The molecule has 2 bridgehead atoms. The Hall–Kier alpha value is -1.40. The smallest absolute Gasteiger partial charge is 0.238 e. The fourth-order valence-corrected chi connectivity index (χ4v) is 4.87. The number of nitrogens with one attached hydrogen (secondary N) is 1. The molecule has 0 unspecified atom stereocenters. The number of amides is 1. The Morgan fingerprint density at radius 3 is 2.68 bits per heavy atom. The molecule has 0 radical (unpaired) electrons. The quantitative estimate of drug-likeness (QED) is 0.892. The second kappa shape index (κ2) is 5.66. The van der Waals surface area contributed by atoms with Crippen molar-refractivity contribution in [2.24, 2.45) is 22.9 Å². The first kappa shape index (κ1) is 15.5. The first-order valence-corrected chi connectivity index (χ1v) is 9.31. The molecule has 22 heavy (non-hydrogen) atoms. The third-order valence-corrected chi connectivity index (χ3v) is 6.16. The van der Waals surface area contributed by atoms with Gasteiger partial charge in [-0.25, -0.2) is 13.6 Å². The Balaban J connectivity index is 1.67. The molecule has 0 aliphatic heterocycles. The van der Waals surface area contributed by atoms with Gasteiger partial charge in [-0.3, -0.25) is 4.79 Å². The maximum atomic E-state index is 12.2. The van der Waals surface area contributed by atoms with E-state index >= 15 is 0 Å². The average molecular weight is 322 g/mol. The van der Waals surface area contributed by atoms with Crippen molar-refractivity contribution in [3.05, 3.63) is 23.8 Å². The summed E-state index contributed by atoms with van der Waals surface area (Å²) in [5.74, 6) is 1.97. The van der Waals surface area contributed by atoms with Crippen molar-refractivity contribution in [3.8, 4) is 0 Å². The number of carbonyl (C=O) groups is 1. The second-order valence-corrected chi connectivity index (χ2v) is 8.24. The summed E-state index contributed by atoms with van der Waals surface area (Å²) >= 11 is 0. The number of fused-ring (bicyclic) bond motifs is 2. The van der Waals surface area contributed by atoms with Crippen LogP contribution in [0.1, 0.15) is 37.7 Å². The summed E-state index contributed by atoms with van der Waals surface area (Å²) in [5.41, 5.74) is 1.07. The van der Waals surface area contributed by atoms with Gasteiger partial charge in [0, 0.05) is 12.1 Å². The Labute approximate surface area is 131 Å². The van der Waals surface area contributed by atoms with E-state index in [-0.39, 0.29) is 10.8 Å². The van der Waals surface area contributed by atoms with Gasteiger partial charge >= 0.3 is 0 Å². The van der Waals surface area contributed by atoms with Crippen molar-refractivity contribution in [2.75, 3.05) is 5.32 Å². The minimum atomic E-state index is -3.77. The van der Waals surface area contributed by atoms with E-state index in [9.17, 15) is 13.2 Å². The maximum absolute atomic E-state index is 12.2. The van der Waals surface area contributed by atoms with E-state index in [0.29, 0.717) is 29.5 Å². The predicted molar refractivity (Wildman–Crippen MR) is 84.7 cm³/mol. The fraction of sp³-hybridized carbons (Fsp3) is 0.562. The summed E-state index contributed by atoms with van der Waals surface area (Å²) in [7, 11) is -3.77. The van der Waals surface area contributed by atoms with Gasteiger partial charge in [-0.15, -0.1) is 0 Å². The van der Waals surface area contributed by atoms with Crippen LogP contribution in [0.25, 0.3) is 0 Å². The lowest BCUT2D eigenvalue weighted by molar-refractivity contribution is -0.117. The van der Waals surface area contributed by atoms with Crippen molar-refractivity contribution in [3.63, 3.8) is 0 Å². The second-order valence-electron chi connectivity index (χ2n) is 6.71. The highest BCUT2D eigenvalue weighted by atomic mass is 32.2. The van der Waals surface area contributed by atoms with Crippen LogP contribution in [0.4, 0.5) is 5.69 Å². The topological polar surface area (TPSA) is 89.3 Å².